The molecule has 0 amide bonds. The van der Waals surface area contributed by atoms with Crippen molar-refractivity contribution in [2.24, 2.45) is 16.9 Å². The smallest absolute Gasteiger partial charge is 0.157 e. The zero-order valence-electron chi connectivity index (χ0n) is 12.3. The molecule has 0 aliphatic carbocycles. The fourth-order valence-electron chi connectivity index (χ4n) is 2.33. The van der Waals surface area contributed by atoms with Crippen molar-refractivity contribution in [1.29, 1.82) is 0 Å². The maximum Gasteiger partial charge on any atom is 0.157 e. The highest BCUT2D eigenvalue weighted by atomic mass is 35.5. The summed E-state index contributed by atoms with van der Waals surface area (Å²) in [4.78, 5) is 0. The van der Waals surface area contributed by atoms with Crippen LogP contribution in [0.15, 0.2) is 0 Å². The molecule has 1 spiro atoms. The highest BCUT2D eigenvalue weighted by Gasteiger charge is 2.41. The van der Waals surface area contributed by atoms with Crippen LogP contribution in [-0.2, 0) is 18.9 Å². The lowest BCUT2D eigenvalue weighted by Gasteiger charge is -2.43. The predicted octanol–water partition coefficient (Wildman–Crippen LogP) is 1.04. The van der Waals surface area contributed by atoms with E-state index in [4.69, 9.17) is 30.4 Å². The second-order valence-corrected chi connectivity index (χ2v) is 5.46. The first-order valence-corrected chi connectivity index (χ1v) is 7.14. The van der Waals surface area contributed by atoms with Gasteiger partial charge in [-0.25, -0.2) is 0 Å². The standard InChI is InChI=1S/C13H26N2O4.2ClH/c14-5-1-3-11-16-7-13(8-17-11)9-18-12(19-10-13)4-2-6-15;;/h11-12H,1-10,14-15H2;2*1H. The van der Waals surface area contributed by atoms with Crippen LogP contribution in [0.4, 0.5) is 0 Å². The zero-order valence-corrected chi connectivity index (χ0v) is 14.0. The number of halogens is 2. The van der Waals surface area contributed by atoms with Crippen LogP contribution in [0.25, 0.3) is 0 Å². The van der Waals surface area contributed by atoms with Gasteiger partial charge in [0.05, 0.1) is 31.8 Å². The maximum absolute atomic E-state index is 5.73. The monoisotopic (exact) mass is 346 g/mol. The molecule has 0 unspecified atom stereocenters. The van der Waals surface area contributed by atoms with Crippen molar-refractivity contribution in [1.82, 2.24) is 0 Å². The Labute approximate surface area is 139 Å². The van der Waals surface area contributed by atoms with Crippen molar-refractivity contribution in [3.05, 3.63) is 0 Å². The molecule has 128 valence electrons. The van der Waals surface area contributed by atoms with Crippen LogP contribution >= 0.6 is 24.8 Å². The molecule has 2 aliphatic heterocycles. The minimum absolute atomic E-state index is 0. The van der Waals surface area contributed by atoms with E-state index in [1.54, 1.807) is 0 Å². The average molecular weight is 347 g/mol. The Morgan fingerprint density at radius 2 is 1.05 bits per heavy atom. The first-order valence-electron chi connectivity index (χ1n) is 7.14. The van der Waals surface area contributed by atoms with E-state index >= 15 is 0 Å². The second-order valence-electron chi connectivity index (χ2n) is 5.46. The van der Waals surface area contributed by atoms with Crippen LogP contribution in [0.5, 0.6) is 0 Å². The van der Waals surface area contributed by atoms with E-state index in [-0.39, 0.29) is 42.8 Å². The quantitative estimate of drug-likeness (QED) is 0.746. The molecule has 0 atom stereocenters. The van der Waals surface area contributed by atoms with Gasteiger partial charge in [-0.3, -0.25) is 0 Å². The van der Waals surface area contributed by atoms with Crippen molar-refractivity contribution in [2.75, 3.05) is 39.5 Å². The number of hydrogen-bond acceptors (Lipinski definition) is 6. The Bertz CT molecular complexity index is 229. The molecule has 2 saturated heterocycles. The first kappa shape index (κ1) is 21.3. The fourth-order valence-corrected chi connectivity index (χ4v) is 2.33. The van der Waals surface area contributed by atoms with Crippen molar-refractivity contribution in [3.8, 4) is 0 Å². The summed E-state index contributed by atoms with van der Waals surface area (Å²) in [7, 11) is 0. The number of nitrogens with two attached hydrogens (primary N) is 2. The molecule has 21 heavy (non-hydrogen) atoms. The van der Waals surface area contributed by atoms with Crippen molar-refractivity contribution >= 4 is 24.8 Å². The maximum atomic E-state index is 5.73. The molecule has 2 heterocycles. The van der Waals surface area contributed by atoms with Gasteiger partial charge in [-0.15, -0.1) is 24.8 Å². The summed E-state index contributed by atoms with van der Waals surface area (Å²) in [5.41, 5.74) is 10.8. The van der Waals surface area contributed by atoms with Crippen molar-refractivity contribution < 1.29 is 18.9 Å². The summed E-state index contributed by atoms with van der Waals surface area (Å²) < 4.78 is 22.9. The third kappa shape index (κ3) is 6.54. The topological polar surface area (TPSA) is 89.0 Å². The molecule has 2 fully saturated rings. The normalized spacial score (nSPS) is 32.3. The average Bonchev–Trinajstić information content (AvgIpc) is 2.46. The van der Waals surface area contributed by atoms with Crippen LogP contribution in [-0.4, -0.2) is 52.1 Å². The second kappa shape index (κ2) is 11.0. The molecule has 0 aromatic rings. The highest BCUT2D eigenvalue weighted by Crippen LogP contribution is 2.31. The lowest BCUT2D eigenvalue weighted by Crippen LogP contribution is -2.52. The van der Waals surface area contributed by atoms with Gasteiger partial charge in [0, 0.05) is 0 Å². The van der Waals surface area contributed by atoms with Gasteiger partial charge in [-0.1, -0.05) is 0 Å². The fraction of sp³-hybridized carbons (Fsp3) is 1.00. The number of hydrogen-bond donors (Lipinski definition) is 2. The zero-order chi connectivity index (χ0) is 13.6. The minimum Gasteiger partial charge on any atom is -0.352 e. The van der Waals surface area contributed by atoms with Crippen molar-refractivity contribution in [3.63, 3.8) is 0 Å². The summed E-state index contributed by atoms with van der Waals surface area (Å²) in [6.07, 6.45) is 3.31. The third-order valence-corrected chi connectivity index (χ3v) is 3.59. The Balaban J connectivity index is 0.00000200. The molecule has 0 bridgehead atoms. The van der Waals surface area contributed by atoms with E-state index < -0.39 is 0 Å². The highest BCUT2D eigenvalue weighted by molar-refractivity contribution is 5.85. The van der Waals surface area contributed by atoms with Gasteiger partial charge >= 0.3 is 0 Å². The number of rotatable bonds is 6. The van der Waals surface area contributed by atoms with E-state index in [2.05, 4.69) is 0 Å². The van der Waals surface area contributed by atoms with E-state index in [0.717, 1.165) is 25.7 Å². The Morgan fingerprint density at radius 1 is 0.714 bits per heavy atom. The Morgan fingerprint density at radius 3 is 1.33 bits per heavy atom. The van der Waals surface area contributed by atoms with Gasteiger partial charge in [0.25, 0.3) is 0 Å². The van der Waals surface area contributed by atoms with E-state index in [9.17, 15) is 0 Å². The lowest BCUT2D eigenvalue weighted by atomic mass is 9.90. The van der Waals surface area contributed by atoms with Crippen LogP contribution in [0.3, 0.4) is 0 Å². The molecule has 0 aromatic carbocycles. The van der Waals surface area contributed by atoms with E-state index in [1.165, 1.54) is 0 Å². The van der Waals surface area contributed by atoms with E-state index in [1.807, 2.05) is 0 Å². The Kier molecular flexibility index (Phi) is 11.1. The van der Waals surface area contributed by atoms with Gasteiger partial charge in [-0.2, -0.15) is 0 Å². The molecule has 4 N–H and O–H groups in total. The van der Waals surface area contributed by atoms with Gasteiger partial charge in [0.1, 0.15) is 0 Å². The van der Waals surface area contributed by atoms with Crippen LogP contribution in [0.2, 0.25) is 0 Å². The summed E-state index contributed by atoms with van der Waals surface area (Å²) in [6, 6.07) is 0. The first-order chi connectivity index (χ1) is 9.28. The molecule has 2 rings (SSSR count). The van der Waals surface area contributed by atoms with Crippen LogP contribution in [0.1, 0.15) is 25.7 Å². The van der Waals surface area contributed by atoms with Gasteiger partial charge in [0.2, 0.25) is 0 Å². The third-order valence-electron chi connectivity index (χ3n) is 3.59. The van der Waals surface area contributed by atoms with E-state index in [0.29, 0.717) is 39.5 Å². The summed E-state index contributed by atoms with van der Waals surface area (Å²) in [6.45, 7) is 3.86. The molecule has 2 aliphatic rings. The summed E-state index contributed by atoms with van der Waals surface area (Å²) >= 11 is 0. The largest absolute Gasteiger partial charge is 0.352 e. The lowest BCUT2D eigenvalue weighted by molar-refractivity contribution is -0.304. The molecule has 0 radical (unpaired) electrons. The molecule has 0 saturated carbocycles. The van der Waals surface area contributed by atoms with Gasteiger partial charge < -0.3 is 30.4 Å². The van der Waals surface area contributed by atoms with Gasteiger partial charge in [-0.05, 0) is 38.8 Å². The molecule has 6 nitrogen and oxygen atoms in total. The molecular weight excluding hydrogens is 319 g/mol. The molecule has 0 aromatic heterocycles. The summed E-state index contributed by atoms with van der Waals surface area (Å²) in [5, 5.41) is 0. The van der Waals surface area contributed by atoms with Crippen LogP contribution < -0.4 is 11.5 Å². The minimum atomic E-state index is -0.140. The van der Waals surface area contributed by atoms with Crippen LogP contribution in [0, 0.1) is 5.41 Å². The van der Waals surface area contributed by atoms with Gasteiger partial charge in [0.15, 0.2) is 12.6 Å². The Hall–Kier alpha value is 0.340. The SMILES string of the molecule is Cl.Cl.NCCCC1OCC2(CO1)COC(CCCN)OC2. The summed E-state index contributed by atoms with van der Waals surface area (Å²) in [5.74, 6) is 0. The van der Waals surface area contributed by atoms with Crippen molar-refractivity contribution in [2.45, 2.75) is 38.3 Å². The molecular formula is C13H28Cl2N2O4. The number of ether oxygens (including phenoxy) is 4. The molecule has 8 heteroatoms. The predicted molar refractivity (Wildman–Crippen MR) is 84.9 cm³/mol.